The molecular formula is C24H30N2O6. The molecule has 3 aromatic rings. The third kappa shape index (κ3) is 6.68. The van der Waals surface area contributed by atoms with Gasteiger partial charge in [-0.3, -0.25) is 4.79 Å². The number of aliphatic hydroxyl groups is 1. The van der Waals surface area contributed by atoms with Crippen LogP contribution in [0.4, 0.5) is 17.1 Å². The summed E-state index contributed by atoms with van der Waals surface area (Å²) in [5.74, 6) is 0.213. The number of methoxy groups -OCH3 is 1. The molecule has 0 aliphatic rings. The number of hydrogen-bond donors (Lipinski definition) is 2. The maximum atomic E-state index is 12.0. The molecule has 3 rings (SSSR count). The van der Waals surface area contributed by atoms with Crippen LogP contribution >= 0.6 is 0 Å². The van der Waals surface area contributed by atoms with Gasteiger partial charge in [-0.05, 0) is 30.3 Å². The summed E-state index contributed by atoms with van der Waals surface area (Å²) in [6, 6.07) is 14.0. The van der Waals surface area contributed by atoms with Crippen LogP contribution in [-0.2, 0) is 9.59 Å². The first-order valence-corrected chi connectivity index (χ1v) is 10.2. The highest BCUT2D eigenvalue weighted by Crippen LogP contribution is 2.34. The third-order valence-electron chi connectivity index (χ3n) is 4.32. The molecule has 0 fully saturated rings. The number of rotatable bonds is 7. The number of nitrogens with one attached hydrogen (secondary N) is 1. The first kappa shape index (κ1) is 26.4. The summed E-state index contributed by atoms with van der Waals surface area (Å²) in [5.41, 5.74) is 1.94. The molecule has 0 atom stereocenters. The predicted octanol–water partition coefficient (Wildman–Crippen LogP) is 4.12. The van der Waals surface area contributed by atoms with E-state index in [0.29, 0.717) is 29.0 Å². The standard InChI is InChI=1S/C21H20N2O5.C2H6.CH4O/c1-23(17-13-21(26)28-18-7-4-3-6-15(17)18)14-9-10-19(27-2)16(12-14)22-20(25)8-5-11-24;2*1-2/h3-4,6-7,9-13H,5,8H2,1-2H3,(H,22,25);1-2H3;2H,1H3. The third-order valence-corrected chi connectivity index (χ3v) is 4.32. The van der Waals surface area contributed by atoms with Crippen LogP contribution in [-0.4, -0.2) is 38.6 Å². The molecule has 2 aromatic carbocycles. The van der Waals surface area contributed by atoms with Gasteiger partial charge in [-0.2, -0.15) is 0 Å². The van der Waals surface area contributed by atoms with Crippen LogP contribution in [0.25, 0.3) is 11.0 Å². The Morgan fingerprint density at radius 3 is 2.50 bits per heavy atom. The number of para-hydroxylation sites is 1. The predicted molar refractivity (Wildman–Crippen MR) is 127 cm³/mol. The van der Waals surface area contributed by atoms with E-state index in [2.05, 4.69) is 5.32 Å². The zero-order chi connectivity index (χ0) is 24.1. The molecule has 0 unspecified atom stereocenters. The molecule has 1 heterocycles. The fourth-order valence-corrected chi connectivity index (χ4v) is 2.92. The highest BCUT2D eigenvalue weighted by Gasteiger charge is 2.14. The molecule has 1 aromatic heterocycles. The number of hydrogen-bond acceptors (Lipinski definition) is 7. The molecule has 0 aliphatic heterocycles. The molecule has 0 radical (unpaired) electrons. The Labute approximate surface area is 187 Å². The van der Waals surface area contributed by atoms with Gasteiger partial charge in [0.05, 0.1) is 18.5 Å². The minimum Gasteiger partial charge on any atom is -0.495 e. The highest BCUT2D eigenvalue weighted by molar-refractivity contribution is 5.95. The molecule has 0 saturated heterocycles. The number of nitrogens with zero attached hydrogens (tertiary/aromatic N) is 1. The molecule has 2 N–H and O–H groups in total. The molecule has 0 saturated carbocycles. The Balaban J connectivity index is 0.00000121. The van der Waals surface area contributed by atoms with Crippen molar-refractivity contribution in [3.05, 3.63) is 59.0 Å². The summed E-state index contributed by atoms with van der Waals surface area (Å²) in [4.78, 5) is 36.3. The normalized spacial score (nSPS) is 9.56. The van der Waals surface area contributed by atoms with E-state index >= 15 is 0 Å². The number of carbonyl (C=O) groups excluding carboxylic acids is 2. The van der Waals surface area contributed by atoms with Crippen LogP contribution in [0, 0.1) is 0 Å². The van der Waals surface area contributed by atoms with Crippen molar-refractivity contribution in [1.82, 2.24) is 0 Å². The van der Waals surface area contributed by atoms with Gasteiger partial charge in [0.15, 0.2) is 0 Å². The van der Waals surface area contributed by atoms with Crippen LogP contribution < -0.4 is 20.6 Å². The molecule has 8 heteroatoms. The van der Waals surface area contributed by atoms with E-state index in [1.54, 1.807) is 24.3 Å². The zero-order valence-electron chi connectivity index (χ0n) is 19.0. The Kier molecular flexibility index (Phi) is 11.2. The van der Waals surface area contributed by atoms with Crippen LogP contribution in [0.3, 0.4) is 0 Å². The van der Waals surface area contributed by atoms with Crippen LogP contribution in [0.5, 0.6) is 5.75 Å². The van der Waals surface area contributed by atoms with E-state index in [9.17, 15) is 14.4 Å². The monoisotopic (exact) mass is 442 g/mol. The van der Waals surface area contributed by atoms with Crippen molar-refractivity contribution in [2.24, 2.45) is 0 Å². The van der Waals surface area contributed by atoms with Crippen molar-refractivity contribution in [3.63, 3.8) is 0 Å². The lowest BCUT2D eigenvalue weighted by Crippen LogP contribution is -2.15. The smallest absolute Gasteiger partial charge is 0.338 e. The topological polar surface area (TPSA) is 109 Å². The number of ether oxygens (including phenoxy) is 1. The van der Waals surface area contributed by atoms with Gasteiger partial charge in [0.1, 0.15) is 17.6 Å². The molecule has 0 spiro atoms. The lowest BCUT2D eigenvalue weighted by atomic mass is 10.1. The number of carbonyl (C=O) groups is 2. The second-order valence-corrected chi connectivity index (χ2v) is 6.14. The summed E-state index contributed by atoms with van der Waals surface area (Å²) in [6.07, 6.45) is 0.948. The van der Waals surface area contributed by atoms with Crippen molar-refractivity contribution >= 4 is 40.2 Å². The minimum absolute atomic E-state index is 0.0943. The van der Waals surface area contributed by atoms with E-state index in [1.165, 1.54) is 13.2 Å². The van der Waals surface area contributed by atoms with Crippen LogP contribution in [0.2, 0.25) is 0 Å². The summed E-state index contributed by atoms with van der Waals surface area (Å²) in [7, 11) is 4.33. The second kappa shape index (κ2) is 13.6. The average molecular weight is 443 g/mol. The van der Waals surface area contributed by atoms with E-state index < -0.39 is 5.63 Å². The number of benzene rings is 2. The van der Waals surface area contributed by atoms with Crippen molar-refractivity contribution in [2.45, 2.75) is 26.7 Å². The van der Waals surface area contributed by atoms with Gasteiger partial charge >= 0.3 is 5.63 Å². The maximum Gasteiger partial charge on any atom is 0.338 e. The number of aldehydes is 1. The maximum absolute atomic E-state index is 12.0. The Bertz CT molecular complexity index is 1080. The van der Waals surface area contributed by atoms with E-state index in [4.69, 9.17) is 14.3 Å². The molecular weight excluding hydrogens is 412 g/mol. The number of amides is 1. The van der Waals surface area contributed by atoms with Crippen molar-refractivity contribution < 1.29 is 23.8 Å². The highest BCUT2D eigenvalue weighted by atomic mass is 16.5. The summed E-state index contributed by atoms with van der Waals surface area (Å²) in [5, 5.41) is 10.6. The fraction of sp³-hybridized carbons (Fsp3) is 0.292. The van der Waals surface area contributed by atoms with Gasteiger partial charge in [0, 0.05) is 44.1 Å². The number of fused-ring (bicyclic) bond motifs is 1. The van der Waals surface area contributed by atoms with E-state index in [0.717, 1.165) is 18.2 Å². The van der Waals surface area contributed by atoms with Crippen molar-refractivity contribution in [2.75, 3.05) is 31.5 Å². The molecule has 0 bridgehead atoms. The Hall–Kier alpha value is -3.65. The number of aliphatic hydroxyl groups excluding tert-OH is 1. The lowest BCUT2D eigenvalue weighted by molar-refractivity contribution is -0.118. The fourth-order valence-electron chi connectivity index (χ4n) is 2.92. The Morgan fingerprint density at radius 1 is 1.16 bits per heavy atom. The van der Waals surface area contributed by atoms with Crippen LogP contribution in [0.1, 0.15) is 26.7 Å². The summed E-state index contributed by atoms with van der Waals surface area (Å²) < 4.78 is 10.6. The van der Waals surface area contributed by atoms with E-state index in [-0.39, 0.29) is 18.7 Å². The summed E-state index contributed by atoms with van der Waals surface area (Å²) in [6.45, 7) is 4.00. The SMILES string of the molecule is CC.CO.COc1ccc(N(C)c2cc(=O)oc3ccccc23)cc1NC(=O)CCC=O. The molecule has 32 heavy (non-hydrogen) atoms. The number of anilines is 3. The van der Waals surface area contributed by atoms with Gasteiger partial charge in [-0.15, -0.1) is 0 Å². The molecule has 8 nitrogen and oxygen atoms in total. The van der Waals surface area contributed by atoms with Gasteiger partial charge < -0.3 is 29.3 Å². The lowest BCUT2D eigenvalue weighted by Gasteiger charge is -2.22. The van der Waals surface area contributed by atoms with Gasteiger partial charge in [-0.25, -0.2) is 4.79 Å². The quantitative estimate of drug-likeness (QED) is 0.418. The van der Waals surface area contributed by atoms with Crippen molar-refractivity contribution in [3.8, 4) is 5.75 Å². The summed E-state index contributed by atoms with van der Waals surface area (Å²) >= 11 is 0. The zero-order valence-corrected chi connectivity index (χ0v) is 19.0. The largest absolute Gasteiger partial charge is 0.495 e. The minimum atomic E-state index is -0.448. The Morgan fingerprint density at radius 2 is 1.84 bits per heavy atom. The average Bonchev–Trinajstić information content (AvgIpc) is 2.84. The molecule has 172 valence electrons. The first-order valence-electron chi connectivity index (χ1n) is 10.2. The molecule has 1 amide bonds. The van der Waals surface area contributed by atoms with Gasteiger partial charge in [0.25, 0.3) is 0 Å². The first-order chi connectivity index (χ1) is 15.5. The molecule has 0 aliphatic carbocycles. The van der Waals surface area contributed by atoms with Crippen molar-refractivity contribution in [1.29, 1.82) is 0 Å². The van der Waals surface area contributed by atoms with E-state index in [1.807, 2.05) is 44.0 Å². The van der Waals surface area contributed by atoms with Crippen LogP contribution in [0.15, 0.2) is 57.7 Å². The van der Waals surface area contributed by atoms with Gasteiger partial charge in [0.2, 0.25) is 5.91 Å². The van der Waals surface area contributed by atoms with Gasteiger partial charge in [-0.1, -0.05) is 26.0 Å². The second-order valence-electron chi connectivity index (χ2n) is 6.14.